The maximum atomic E-state index is 14.8. The molecule has 1 N–H and O–H groups in total. The molecule has 1 heterocycles. The Balaban J connectivity index is 1.90. The third kappa shape index (κ3) is 4.85. The number of alkyl halides is 2. The zero-order valence-electron chi connectivity index (χ0n) is 19.2. The van der Waals surface area contributed by atoms with Crippen molar-refractivity contribution in [3.8, 4) is 0 Å². The Bertz CT molecular complexity index is 984. The molecule has 2 fully saturated rings. The number of sulfonamides is 1. The number of hydrogen-bond donors (Lipinski definition) is 1. The Hall–Kier alpha value is -1.56. The monoisotopic (exact) mass is 473 g/mol. The lowest BCUT2D eigenvalue weighted by Gasteiger charge is -2.32. The van der Waals surface area contributed by atoms with Crippen molar-refractivity contribution in [2.24, 2.45) is 5.41 Å². The first-order valence-corrected chi connectivity index (χ1v) is 12.3. The minimum atomic E-state index is -3.89. The molecule has 0 spiro atoms. The van der Waals surface area contributed by atoms with Crippen molar-refractivity contribution in [1.29, 1.82) is 0 Å². The summed E-state index contributed by atoms with van der Waals surface area (Å²) in [6, 6.07) is 5.37. The highest BCUT2D eigenvalue weighted by atomic mass is 32.2. The molecule has 1 saturated heterocycles. The van der Waals surface area contributed by atoms with Crippen LogP contribution in [0.15, 0.2) is 24.3 Å². The maximum Gasteiger partial charge on any atom is 0.494 e. The van der Waals surface area contributed by atoms with Crippen LogP contribution in [0.3, 0.4) is 0 Å². The average Bonchev–Trinajstić information content (AvgIpc) is 3.01. The van der Waals surface area contributed by atoms with Gasteiger partial charge in [-0.05, 0) is 51.6 Å². The number of carbonyl (C=O) groups excluding carboxylic acids is 1. The van der Waals surface area contributed by atoms with Gasteiger partial charge >= 0.3 is 13.1 Å². The van der Waals surface area contributed by atoms with Crippen LogP contribution < -0.4 is 10.2 Å². The Morgan fingerprint density at radius 1 is 1.22 bits per heavy atom. The van der Waals surface area contributed by atoms with Gasteiger partial charge in [0, 0.05) is 6.42 Å². The summed E-state index contributed by atoms with van der Waals surface area (Å²) >= 11 is 0. The summed E-state index contributed by atoms with van der Waals surface area (Å²) in [5.41, 5.74) is -1.33. The molecule has 0 unspecified atom stereocenters. The number of carbonyl (C=O) groups is 1. The zero-order chi connectivity index (χ0) is 24.2. The molecule has 2 aliphatic rings. The third-order valence-electron chi connectivity index (χ3n) is 6.67. The van der Waals surface area contributed by atoms with E-state index in [-0.39, 0.29) is 12.8 Å². The molecule has 1 aliphatic carbocycles. The van der Waals surface area contributed by atoms with E-state index in [4.69, 9.17) is 14.0 Å². The SMILES string of the molecule is COC(=O)[C@]1(Cc2cccc(B3OC(C)(C)C(C)(C)O3)c2)C[C@@H](NS(C)(=O)=O)C(F)(F)C1. The van der Waals surface area contributed by atoms with Crippen LogP contribution in [-0.4, -0.2) is 58.0 Å². The molecular weight excluding hydrogens is 443 g/mol. The molecule has 11 heteroatoms. The van der Waals surface area contributed by atoms with Crippen LogP contribution in [0.4, 0.5) is 8.78 Å². The highest BCUT2D eigenvalue weighted by Crippen LogP contribution is 2.50. The Morgan fingerprint density at radius 2 is 1.81 bits per heavy atom. The predicted octanol–water partition coefficient (Wildman–Crippen LogP) is 2.03. The zero-order valence-corrected chi connectivity index (χ0v) is 20.0. The second-order valence-electron chi connectivity index (χ2n) is 9.87. The van der Waals surface area contributed by atoms with E-state index in [9.17, 15) is 22.0 Å². The van der Waals surface area contributed by atoms with Gasteiger partial charge in [-0.1, -0.05) is 24.3 Å². The summed E-state index contributed by atoms with van der Waals surface area (Å²) in [5, 5.41) is 0. The van der Waals surface area contributed by atoms with Crippen LogP contribution in [0, 0.1) is 5.41 Å². The molecule has 1 saturated carbocycles. The lowest BCUT2D eigenvalue weighted by Crippen LogP contribution is -2.43. The first-order valence-electron chi connectivity index (χ1n) is 10.4. The number of hydrogen-bond acceptors (Lipinski definition) is 6. The number of methoxy groups -OCH3 is 1. The molecule has 7 nitrogen and oxygen atoms in total. The van der Waals surface area contributed by atoms with Crippen LogP contribution in [0.1, 0.15) is 46.1 Å². The van der Waals surface area contributed by atoms with Crippen molar-refractivity contribution in [1.82, 2.24) is 4.72 Å². The predicted molar refractivity (Wildman–Crippen MR) is 116 cm³/mol. The average molecular weight is 473 g/mol. The number of ether oxygens (including phenoxy) is 1. The van der Waals surface area contributed by atoms with Gasteiger partial charge in [-0.2, -0.15) is 0 Å². The quantitative estimate of drug-likeness (QED) is 0.503. The molecule has 1 aromatic rings. The lowest BCUT2D eigenvalue weighted by atomic mass is 9.75. The number of rotatable bonds is 6. The normalized spacial score (nSPS) is 28.6. The van der Waals surface area contributed by atoms with E-state index in [2.05, 4.69) is 0 Å². The fourth-order valence-electron chi connectivity index (χ4n) is 4.37. The molecule has 1 aromatic carbocycles. The molecule has 2 atom stereocenters. The minimum absolute atomic E-state index is 0.0372. The van der Waals surface area contributed by atoms with Crippen molar-refractivity contribution in [2.75, 3.05) is 13.4 Å². The second kappa shape index (κ2) is 8.04. The summed E-state index contributed by atoms with van der Waals surface area (Å²) in [4.78, 5) is 12.7. The minimum Gasteiger partial charge on any atom is -0.469 e. The lowest BCUT2D eigenvalue weighted by molar-refractivity contribution is -0.154. The van der Waals surface area contributed by atoms with Gasteiger partial charge in [-0.25, -0.2) is 21.9 Å². The van der Waals surface area contributed by atoms with Gasteiger partial charge in [-0.3, -0.25) is 4.79 Å². The Kier molecular flexibility index (Phi) is 6.30. The molecule has 178 valence electrons. The van der Waals surface area contributed by atoms with Crippen LogP contribution in [0.25, 0.3) is 0 Å². The molecule has 0 amide bonds. The van der Waals surface area contributed by atoms with Crippen molar-refractivity contribution in [2.45, 2.75) is 70.1 Å². The van der Waals surface area contributed by atoms with Crippen LogP contribution >= 0.6 is 0 Å². The van der Waals surface area contributed by atoms with E-state index >= 15 is 0 Å². The van der Waals surface area contributed by atoms with Gasteiger partial charge in [-0.15, -0.1) is 0 Å². The fourth-order valence-corrected chi connectivity index (χ4v) is 5.14. The standard InChI is InChI=1S/C21H30BF2NO6S/c1-18(2)19(3,4)31-22(30-18)15-9-7-8-14(10-15)11-20(17(26)29-5)12-16(21(23,24)13-20)25-32(6,27)28/h7-10,16,25H,11-13H2,1-6H3/t16-,20-/m1/s1. The third-order valence-corrected chi connectivity index (χ3v) is 7.39. The maximum absolute atomic E-state index is 14.8. The van der Waals surface area contributed by atoms with E-state index in [1.807, 2.05) is 38.5 Å². The summed E-state index contributed by atoms with van der Waals surface area (Å²) < 4.78 is 71.7. The van der Waals surface area contributed by atoms with Gasteiger partial charge in [0.15, 0.2) is 0 Å². The molecule has 0 radical (unpaired) electrons. The smallest absolute Gasteiger partial charge is 0.469 e. The highest BCUT2D eigenvalue weighted by molar-refractivity contribution is 7.88. The Morgan fingerprint density at radius 3 is 2.34 bits per heavy atom. The van der Waals surface area contributed by atoms with Gasteiger partial charge in [0.05, 0.1) is 36.0 Å². The largest absolute Gasteiger partial charge is 0.494 e. The van der Waals surface area contributed by atoms with Gasteiger partial charge in [0.2, 0.25) is 10.0 Å². The molecule has 1 aliphatic heterocycles. The fraction of sp³-hybridized carbons (Fsp3) is 0.667. The Labute approximate surface area is 188 Å². The van der Waals surface area contributed by atoms with E-state index in [0.717, 1.165) is 13.4 Å². The topological polar surface area (TPSA) is 90.9 Å². The number of esters is 1. The van der Waals surface area contributed by atoms with Crippen LogP contribution in [-0.2, 0) is 35.3 Å². The van der Waals surface area contributed by atoms with E-state index in [0.29, 0.717) is 11.0 Å². The van der Waals surface area contributed by atoms with E-state index in [1.54, 1.807) is 18.2 Å². The summed E-state index contributed by atoms with van der Waals surface area (Å²) in [6.07, 6.45) is -0.416. The van der Waals surface area contributed by atoms with E-state index in [1.165, 1.54) is 0 Å². The van der Waals surface area contributed by atoms with Crippen LogP contribution in [0.5, 0.6) is 0 Å². The molecule has 0 aromatic heterocycles. The van der Waals surface area contributed by atoms with Crippen molar-refractivity contribution in [3.63, 3.8) is 0 Å². The molecule has 32 heavy (non-hydrogen) atoms. The van der Waals surface area contributed by atoms with Crippen LogP contribution in [0.2, 0.25) is 0 Å². The van der Waals surface area contributed by atoms with Crippen molar-refractivity contribution in [3.05, 3.63) is 29.8 Å². The first-order chi connectivity index (χ1) is 14.5. The van der Waals surface area contributed by atoms with E-state index < -0.39 is 58.1 Å². The van der Waals surface area contributed by atoms with Gasteiger partial charge < -0.3 is 14.0 Å². The van der Waals surface area contributed by atoms with Crippen molar-refractivity contribution < 1.29 is 36.0 Å². The molecule has 0 bridgehead atoms. The molecule has 3 rings (SSSR count). The van der Waals surface area contributed by atoms with Gasteiger partial charge in [0.25, 0.3) is 5.92 Å². The van der Waals surface area contributed by atoms with Gasteiger partial charge in [0.1, 0.15) is 0 Å². The number of halogens is 2. The number of nitrogens with one attached hydrogen (secondary N) is 1. The summed E-state index contributed by atoms with van der Waals surface area (Å²) in [5.74, 6) is -4.20. The second-order valence-corrected chi connectivity index (χ2v) is 11.6. The first kappa shape index (κ1) is 25.1. The number of benzene rings is 1. The van der Waals surface area contributed by atoms with Crippen molar-refractivity contribution >= 4 is 28.6 Å². The molecular formula is C21H30BF2NO6S. The summed E-state index contributed by atoms with van der Waals surface area (Å²) in [6.45, 7) is 7.72. The highest BCUT2D eigenvalue weighted by Gasteiger charge is 2.61. The summed E-state index contributed by atoms with van der Waals surface area (Å²) in [7, 11) is -3.39.